The molecule has 1 unspecified atom stereocenters. The summed E-state index contributed by atoms with van der Waals surface area (Å²) < 4.78 is 0. The average Bonchev–Trinajstić information content (AvgIpc) is 3.96. The predicted molar refractivity (Wildman–Crippen MR) is 232 cm³/mol. The van der Waals surface area contributed by atoms with Gasteiger partial charge in [-0.3, -0.25) is 61.2 Å². The van der Waals surface area contributed by atoms with Crippen LogP contribution in [0.4, 0.5) is 0 Å². The lowest BCUT2D eigenvalue weighted by Gasteiger charge is -2.27. The molecular weight excluding hydrogens is 829 g/mol. The van der Waals surface area contributed by atoms with Crippen LogP contribution in [-0.4, -0.2) is 121 Å². The molecule has 0 saturated heterocycles. The first-order chi connectivity index (χ1) is 29.8. The van der Waals surface area contributed by atoms with Gasteiger partial charge in [-0.05, 0) is 82.0 Å². The van der Waals surface area contributed by atoms with Crippen molar-refractivity contribution in [2.24, 2.45) is 45.1 Å². The van der Waals surface area contributed by atoms with E-state index in [1.54, 1.807) is 12.1 Å². The maximum Gasteiger partial charge on any atom is 0.485 e. The molecule has 1 fully saturated rings. The van der Waals surface area contributed by atoms with Gasteiger partial charge >= 0.3 is 11.9 Å². The highest BCUT2D eigenvalue weighted by Crippen LogP contribution is 2.51. The minimum Gasteiger partial charge on any atom is -0.508 e. The third-order valence-corrected chi connectivity index (χ3v) is 9.78. The third-order valence-electron chi connectivity index (χ3n) is 9.78. The molecule has 27 heteroatoms. The van der Waals surface area contributed by atoms with Crippen LogP contribution < -0.4 is 92.4 Å². The number of hydrogen-bond donors (Lipinski definition) is 16. The molecule has 0 aliphatic heterocycles. The Hall–Kier alpha value is -7.05. The molecule has 1 saturated carbocycles. The summed E-state index contributed by atoms with van der Waals surface area (Å²) in [4.78, 5) is 111. The second kappa shape index (κ2) is 26.3. The number of nitrogens with one attached hydrogen (secondary N) is 8. The lowest BCUT2D eigenvalue weighted by atomic mass is 10.0. The van der Waals surface area contributed by atoms with Crippen molar-refractivity contribution < 1.29 is 33.9 Å². The molecule has 1 aliphatic carbocycles. The van der Waals surface area contributed by atoms with Gasteiger partial charge in [0.1, 0.15) is 41.7 Å². The van der Waals surface area contributed by atoms with Crippen molar-refractivity contribution in [3.05, 3.63) is 39.6 Å². The van der Waals surface area contributed by atoms with Crippen LogP contribution in [0.15, 0.2) is 29.3 Å². The molecule has 6 amide bonds. The van der Waals surface area contributed by atoms with Crippen LogP contribution in [0, 0.1) is 9.81 Å². The highest BCUT2D eigenvalue weighted by Gasteiger charge is 2.61. The SMILES string of the molecule is CC(=O)N[C@@H](CCCN=C(N)N)C(=O)N[C@@H](CCCNC(N)N)C(=O)N[C@@H](CCCNC(N)=[N+]=O)C(=O)N[C@@H](CCCNC(N)=[N+]=O)C(=O)NC1(C(N)=O)C[C@H]1c1ccc(O)cc1. The van der Waals surface area contributed by atoms with E-state index >= 15 is 0 Å². The summed E-state index contributed by atoms with van der Waals surface area (Å²) in [5, 5.41) is 30.8. The van der Waals surface area contributed by atoms with Gasteiger partial charge in [0.15, 0.2) is 5.96 Å². The molecule has 0 aromatic heterocycles. The Morgan fingerprint density at radius 1 is 0.698 bits per heavy atom. The second-order valence-corrected chi connectivity index (χ2v) is 14.8. The number of nitrogens with zero attached hydrogens (tertiary/aromatic N) is 3. The number of nitroso groups, excluding NO2 is 2. The number of aromatic hydroxyl groups is 1. The monoisotopic (exact) mass is 890 g/mol. The topological polar surface area (TPSA) is 476 Å². The van der Waals surface area contributed by atoms with E-state index in [1.807, 2.05) is 0 Å². The van der Waals surface area contributed by atoms with Gasteiger partial charge in [0.25, 0.3) is 0 Å². The molecule has 1 aromatic carbocycles. The van der Waals surface area contributed by atoms with E-state index in [0.717, 1.165) is 0 Å². The summed E-state index contributed by atoms with van der Waals surface area (Å²) in [5.74, 6) is -6.16. The third kappa shape index (κ3) is 18.6. The van der Waals surface area contributed by atoms with E-state index < -0.39 is 89.3 Å². The summed E-state index contributed by atoms with van der Waals surface area (Å²) in [6, 6.07) is 0.851. The number of carbonyl (C=O) groups is 6. The number of phenols is 1. The van der Waals surface area contributed by atoms with Crippen LogP contribution >= 0.6 is 0 Å². The smallest absolute Gasteiger partial charge is 0.485 e. The summed E-state index contributed by atoms with van der Waals surface area (Å²) in [6.07, 6.45) is -0.0919. The molecule has 27 nitrogen and oxygen atoms in total. The van der Waals surface area contributed by atoms with Crippen LogP contribution in [0.3, 0.4) is 0 Å². The molecule has 23 N–H and O–H groups in total. The maximum atomic E-state index is 14.2. The fourth-order valence-electron chi connectivity index (χ4n) is 6.48. The molecule has 6 atom stereocenters. The fourth-order valence-corrected chi connectivity index (χ4v) is 6.48. The van der Waals surface area contributed by atoms with Crippen LogP contribution in [0.25, 0.3) is 0 Å². The van der Waals surface area contributed by atoms with E-state index in [1.165, 1.54) is 19.1 Å². The van der Waals surface area contributed by atoms with E-state index in [-0.39, 0.29) is 95.7 Å². The van der Waals surface area contributed by atoms with Crippen LogP contribution in [-0.2, 0) is 28.8 Å². The Labute approximate surface area is 362 Å². The Morgan fingerprint density at radius 3 is 1.57 bits per heavy atom. The fraction of sp³-hybridized carbons (Fsp3) is 0.583. The van der Waals surface area contributed by atoms with Crippen molar-refractivity contribution in [3.63, 3.8) is 0 Å². The predicted octanol–water partition coefficient (Wildman–Crippen LogP) is -7.16. The van der Waals surface area contributed by atoms with Gasteiger partial charge in [-0.15, -0.1) is 0 Å². The zero-order chi connectivity index (χ0) is 47.1. The molecule has 0 radical (unpaired) electrons. The molecule has 1 aliphatic rings. The summed E-state index contributed by atoms with van der Waals surface area (Å²) in [5.41, 5.74) is 37.7. The van der Waals surface area contributed by atoms with Gasteiger partial charge in [-0.25, -0.2) is 0 Å². The second-order valence-electron chi connectivity index (χ2n) is 14.8. The summed E-state index contributed by atoms with van der Waals surface area (Å²) in [7, 11) is 0. The Balaban J connectivity index is 2.43. The van der Waals surface area contributed by atoms with E-state index in [0.29, 0.717) is 5.56 Å². The zero-order valence-corrected chi connectivity index (χ0v) is 35.1. The number of rotatable bonds is 28. The van der Waals surface area contributed by atoms with Crippen molar-refractivity contribution in [1.82, 2.24) is 52.2 Å². The van der Waals surface area contributed by atoms with E-state index in [9.17, 15) is 43.7 Å². The van der Waals surface area contributed by atoms with Crippen LogP contribution in [0.1, 0.15) is 76.2 Å². The minimum absolute atomic E-state index is 0.00426. The minimum atomic E-state index is -1.54. The number of amides is 6. The largest absolute Gasteiger partial charge is 0.508 e. The first-order valence-electron chi connectivity index (χ1n) is 20.1. The highest BCUT2D eigenvalue weighted by atomic mass is 16.3. The van der Waals surface area contributed by atoms with Crippen molar-refractivity contribution >= 4 is 53.3 Å². The van der Waals surface area contributed by atoms with Gasteiger partial charge in [0.2, 0.25) is 35.4 Å². The van der Waals surface area contributed by atoms with Crippen LogP contribution in [0.5, 0.6) is 5.75 Å². The van der Waals surface area contributed by atoms with Gasteiger partial charge in [0.05, 0.1) is 13.1 Å². The molecule has 0 spiro atoms. The number of nitrogens with two attached hydrogens (primary N) is 7. The van der Waals surface area contributed by atoms with Crippen molar-refractivity contribution in [2.75, 3.05) is 26.2 Å². The van der Waals surface area contributed by atoms with Gasteiger partial charge in [0, 0.05) is 38.9 Å². The molecule has 63 heavy (non-hydrogen) atoms. The molecule has 0 bridgehead atoms. The number of aliphatic imine (C=N–C) groups is 1. The van der Waals surface area contributed by atoms with Gasteiger partial charge in [-0.1, -0.05) is 12.1 Å². The van der Waals surface area contributed by atoms with Gasteiger partial charge in [-0.2, -0.15) is 0 Å². The molecule has 348 valence electrons. The van der Waals surface area contributed by atoms with Crippen molar-refractivity contribution in [2.45, 2.75) is 107 Å². The van der Waals surface area contributed by atoms with E-state index in [4.69, 9.17) is 40.1 Å². The number of primary amides is 1. The number of hydrogen-bond acceptors (Lipinski definition) is 13. The average molecular weight is 891 g/mol. The summed E-state index contributed by atoms with van der Waals surface area (Å²) in [6.45, 7) is 1.66. The number of phenolic OH excluding ortho intramolecular Hbond substituents is 1. The first kappa shape index (κ1) is 52.1. The summed E-state index contributed by atoms with van der Waals surface area (Å²) >= 11 is 0. The maximum absolute atomic E-state index is 14.2. The number of benzene rings is 1. The van der Waals surface area contributed by atoms with Crippen molar-refractivity contribution in [1.29, 1.82) is 0 Å². The Bertz CT molecular complexity index is 1870. The van der Waals surface area contributed by atoms with Gasteiger partial charge < -0.3 is 60.4 Å². The molecule has 1 aromatic rings. The lowest BCUT2D eigenvalue weighted by molar-refractivity contribution is -0.135. The van der Waals surface area contributed by atoms with Crippen LogP contribution in [0.2, 0.25) is 0 Å². The Kier molecular flexibility index (Phi) is 21.8. The zero-order valence-electron chi connectivity index (χ0n) is 35.1. The van der Waals surface area contributed by atoms with Crippen molar-refractivity contribution in [3.8, 4) is 5.75 Å². The molecule has 2 rings (SSSR count). The number of carbonyl (C=O) groups excluding carboxylic acids is 6. The number of guanidine groups is 3. The molecular formula is C36H62N18O9+2. The van der Waals surface area contributed by atoms with E-state index in [2.05, 4.69) is 57.2 Å². The highest BCUT2D eigenvalue weighted by molar-refractivity contribution is 5.99. The first-order valence-corrected chi connectivity index (χ1v) is 20.1. The Morgan fingerprint density at radius 2 is 1.14 bits per heavy atom. The normalized spacial score (nSPS) is 16.9. The molecule has 0 heterocycles. The quantitative estimate of drug-likeness (QED) is 0.0122. The standard InChI is InChI=1S/C36H60N18O9/c1-19(55)48-23(6-2-14-44-32(38)39)27(57)49-24(7-3-15-45-33(40)41)28(58)50-25(8-4-16-46-34(42)53-62)29(59)51-26(9-5-17-47-35(43)54-63)30(60)52-36(31(37)61)18-22(36)20-10-12-21(56)13-11-20/h10-13,22-26,33,45H,2-9,14-18,40-41H2,1H3,(H16,37,38,39,42,43,44,46,47,48,49,50,51,52,55,56,57,58,59,60,61)/p+2/t22-,23-,24-,25-,26-,36?/m0/s1. The lowest BCUT2D eigenvalue weighted by Crippen LogP contribution is -2.59.